The maximum Gasteiger partial charge on any atom is 0.327 e. The number of hydrogen-bond acceptors (Lipinski definition) is 8. The third-order valence-electron chi connectivity index (χ3n) is 5.59. The van der Waals surface area contributed by atoms with Gasteiger partial charge in [-0.3, -0.25) is 19.4 Å². The van der Waals surface area contributed by atoms with E-state index in [1.54, 1.807) is 0 Å². The van der Waals surface area contributed by atoms with E-state index in [-0.39, 0.29) is 37.5 Å². The molecule has 13 nitrogen and oxygen atoms in total. The molecule has 1 rings (SSSR count). The number of unbranched alkanes of at least 4 members (excludes halogenated alkanes) is 1. The Morgan fingerprint density at radius 3 is 1.95 bits per heavy atom. The second kappa shape index (κ2) is 18.0. The molecule has 0 aliphatic rings. The monoisotopic (exact) mass is 552 g/mol. The Morgan fingerprint density at radius 2 is 1.42 bits per heavy atom. The molecule has 3 amide bonds. The summed E-state index contributed by atoms with van der Waals surface area (Å²) in [4.78, 5) is 54.1. The van der Waals surface area contributed by atoms with Gasteiger partial charge in [-0.2, -0.15) is 12.6 Å². The minimum Gasteiger partial charge on any atom is -0.480 e. The van der Waals surface area contributed by atoms with E-state index in [1.807, 2.05) is 30.3 Å². The predicted molar refractivity (Wildman–Crippen MR) is 148 cm³/mol. The topological polar surface area (TPSA) is 241 Å². The summed E-state index contributed by atoms with van der Waals surface area (Å²) in [7, 11) is 0. The van der Waals surface area contributed by atoms with Crippen molar-refractivity contribution in [3.63, 3.8) is 0 Å². The van der Waals surface area contributed by atoms with Gasteiger partial charge in [0.05, 0.1) is 6.04 Å². The van der Waals surface area contributed by atoms with Gasteiger partial charge in [0.25, 0.3) is 0 Å². The number of carbonyl (C=O) groups is 4. The lowest BCUT2D eigenvalue weighted by atomic mass is 10.0. The van der Waals surface area contributed by atoms with Crippen LogP contribution in [0.25, 0.3) is 0 Å². The summed E-state index contributed by atoms with van der Waals surface area (Å²) >= 11 is 3.95. The van der Waals surface area contributed by atoms with Gasteiger partial charge in [-0.15, -0.1) is 0 Å². The van der Waals surface area contributed by atoms with Crippen LogP contribution in [0.4, 0.5) is 0 Å². The number of nitrogens with zero attached hydrogens (tertiary/aromatic N) is 1. The van der Waals surface area contributed by atoms with E-state index in [2.05, 4.69) is 33.6 Å². The molecule has 212 valence electrons. The third kappa shape index (κ3) is 12.7. The van der Waals surface area contributed by atoms with Crippen molar-refractivity contribution in [2.75, 3.05) is 18.8 Å². The normalized spacial score (nSPS) is 13.9. The lowest BCUT2D eigenvalue weighted by molar-refractivity contribution is -0.141. The maximum atomic E-state index is 13.2. The van der Waals surface area contributed by atoms with Gasteiger partial charge < -0.3 is 44.0 Å². The number of benzene rings is 1. The number of thiol groups is 1. The quantitative estimate of drug-likeness (QED) is 0.0431. The molecule has 0 aliphatic heterocycles. The van der Waals surface area contributed by atoms with E-state index >= 15 is 0 Å². The molecule has 0 saturated carbocycles. The molecule has 0 spiro atoms. The Labute approximate surface area is 228 Å². The van der Waals surface area contributed by atoms with Crippen LogP contribution in [0.1, 0.15) is 37.7 Å². The summed E-state index contributed by atoms with van der Waals surface area (Å²) in [6, 6.07) is 4.99. The summed E-state index contributed by atoms with van der Waals surface area (Å²) in [5.41, 5.74) is 23.2. The van der Waals surface area contributed by atoms with Crippen molar-refractivity contribution in [1.82, 2.24) is 16.0 Å². The number of rotatable bonds is 18. The van der Waals surface area contributed by atoms with Crippen LogP contribution in [0.5, 0.6) is 0 Å². The van der Waals surface area contributed by atoms with Crippen molar-refractivity contribution in [2.45, 2.75) is 62.7 Å². The van der Waals surface area contributed by atoms with Crippen molar-refractivity contribution >= 4 is 42.3 Å². The molecule has 1 aromatic rings. The highest BCUT2D eigenvalue weighted by Crippen LogP contribution is 2.07. The minimum atomic E-state index is -1.27. The second-order valence-corrected chi connectivity index (χ2v) is 9.10. The number of carboxylic acid groups (broad SMARTS) is 1. The molecule has 0 aliphatic carbocycles. The largest absolute Gasteiger partial charge is 0.480 e. The smallest absolute Gasteiger partial charge is 0.327 e. The van der Waals surface area contributed by atoms with Gasteiger partial charge in [0.2, 0.25) is 17.7 Å². The predicted octanol–water partition coefficient (Wildman–Crippen LogP) is -1.79. The van der Waals surface area contributed by atoms with Gasteiger partial charge >= 0.3 is 5.97 Å². The lowest BCUT2D eigenvalue weighted by Crippen LogP contribution is -2.57. The van der Waals surface area contributed by atoms with Crippen molar-refractivity contribution in [3.8, 4) is 0 Å². The molecule has 14 heteroatoms. The summed E-state index contributed by atoms with van der Waals surface area (Å²) < 4.78 is 0. The van der Waals surface area contributed by atoms with E-state index in [0.29, 0.717) is 25.8 Å². The lowest BCUT2D eigenvalue weighted by Gasteiger charge is -2.25. The Bertz CT molecular complexity index is 930. The molecule has 0 fully saturated rings. The fourth-order valence-electron chi connectivity index (χ4n) is 3.50. The van der Waals surface area contributed by atoms with Crippen LogP contribution in [0.15, 0.2) is 35.3 Å². The highest BCUT2D eigenvalue weighted by molar-refractivity contribution is 7.80. The first kappa shape index (κ1) is 32.7. The minimum absolute atomic E-state index is 0.115. The zero-order chi connectivity index (χ0) is 28.5. The molecular formula is C24H40N8O5S. The van der Waals surface area contributed by atoms with Crippen LogP contribution < -0.4 is 38.9 Å². The first-order valence-corrected chi connectivity index (χ1v) is 13.0. The molecule has 0 aromatic heterocycles. The molecule has 0 radical (unpaired) electrons. The van der Waals surface area contributed by atoms with Crippen LogP contribution in [0, 0.1) is 0 Å². The highest BCUT2D eigenvalue weighted by Gasteiger charge is 2.29. The van der Waals surface area contributed by atoms with Crippen molar-refractivity contribution in [3.05, 3.63) is 35.9 Å². The molecule has 0 saturated heterocycles. The van der Waals surface area contributed by atoms with Gasteiger partial charge in [0.15, 0.2) is 5.96 Å². The Balaban J connectivity index is 2.98. The number of amides is 3. The average Bonchev–Trinajstić information content (AvgIpc) is 2.88. The number of hydrogen-bond donors (Lipinski definition) is 9. The number of nitrogens with one attached hydrogen (secondary N) is 3. The molecule has 4 unspecified atom stereocenters. The van der Waals surface area contributed by atoms with Gasteiger partial charge in [-0.05, 0) is 50.6 Å². The number of carboxylic acids is 1. The van der Waals surface area contributed by atoms with E-state index in [0.717, 1.165) is 5.56 Å². The molecule has 4 atom stereocenters. The summed E-state index contributed by atoms with van der Waals surface area (Å²) in [6.45, 7) is 0.605. The fraction of sp³-hybridized carbons (Fsp3) is 0.542. The van der Waals surface area contributed by atoms with Crippen molar-refractivity contribution < 1.29 is 24.3 Å². The number of guanidine groups is 1. The van der Waals surface area contributed by atoms with Gasteiger partial charge in [-0.1, -0.05) is 30.3 Å². The number of aliphatic carboxylic acids is 1. The van der Waals surface area contributed by atoms with Gasteiger partial charge in [-0.25, -0.2) is 4.79 Å². The fourth-order valence-corrected chi connectivity index (χ4v) is 3.75. The molecular weight excluding hydrogens is 512 g/mol. The Hall–Kier alpha value is -3.36. The third-order valence-corrected chi connectivity index (χ3v) is 5.96. The average molecular weight is 553 g/mol. The number of aliphatic imine (C=N–C) groups is 1. The van der Waals surface area contributed by atoms with Crippen LogP contribution in [0.3, 0.4) is 0 Å². The van der Waals surface area contributed by atoms with Crippen LogP contribution >= 0.6 is 12.6 Å². The number of nitrogens with two attached hydrogens (primary N) is 4. The summed E-state index contributed by atoms with van der Waals surface area (Å²) in [6.07, 6.45) is 2.15. The summed E-state index contributed by atoms with van der Waals surface area (Å²) in [5.74, 6) is -3.37. The van der Waals surface area contributed by atoms with E-state index in [4.69, 9.17) is 22.9 Å². The number of carbonyl (C=O) groups excluding carboxylic acids is 3. The first-order chi connectivity index (χ1) is 18.1. The standard InChI is InChI=1S/C24H40N8O5S/c25-11-5-4-9-17(30-20(33)16(26)13-15-7-2-1-3-8-15)21(34)31-18(10-6-12-29-24(27)28)22(35)32-19(14-38)23(36)37/h1-3,7-8,16-19,38H,4-6,9-14,25-26H2,(H,30,33)(H,31,34)(H,32,35)(H,36,37)(H4,27,28,29). The van der Waals surface area contributed by atoms with Crippen LogP contribution in [0.2, 0.25) is 0 Å². The van der Waals surface area contributed by atoms with E-state index in [9.17, 15) is 24.3 Å². The molecule has 1 aromatic carbocycles. The van der Waals surface area contributed by atoms with E-state index in [1.165, 1.54) is 0 Å². The zero-order valence-corrected chi connectivity index (χ0v) is 22.2. The summed E-state index contributed by atoms with van der Waals surface area (Å²) in [5, 5.41) is 16.9. The first-order valence-electron chi connectivity index (χ1n) is 12.4. The molecule has 38 heavy (non-hydrogen) atoms. The Kier molecular flexibility index (Phi) is 15.5. The highest BCUT2D eigenvalue weighted by atomic mass is 32.1. The van der Waals surface area contributed by atoms with Gasteiger partial charge in [0.1, 0.15) is 18.1 Å². The Morgan fingerprint density at radius 1 is 0.868 bits per heavy atom. The van der Waals surface area contributed by atoms with Crippen molar-refractivity contribution in [1.29, 1.82) is 0 Å². The molecule has 0 bridgehead atoms. The zero-order valence-electron chi connectivity index (χ0n) is 21.3. The van der Waals surface area contributed by atoms with Crippen LogP contribution in [-0.4, -0.2) is 77.8 Å². The maximum absolute atomic E-state index is 13.2. The van der Waals surface area contributed by atoms with Crippen LogP contribution in [-0.2, 0) is 25.6 Å². The molecule has 12 N–H and O–H groups in total. The SMILES string of the molecule is NCCCCC(NC(=O)C(N)Cc1ccccc1)C(=O)NC(CCCN=C(N)N)C(=O)NC(CS)C(=O)O. The van der Waals surface area contributed by atoms with Crippen molar-refractivity contribution in [2.24, 2.45) is 27.9 Å². The second-order valence-electron chi connectivity index (χ2n) is 8.73. The molecule has 0 heterocycles. The van der Waals surface area contributed by atoms with E-state index < -0.39 is 47.9 Å². The van der Waals surface area contributed by atoms with Gasteiger partial charge in [0, 0.05) is 12.3 Å².